The molecular weight excluding hydrogens is 502 g/mol. The van der Waals surface area contributed by atoms with Crippen molar-refractivity contribution in [1.29, 1.82) is 0 Å². The van der Waals surface area contributed by atoms with Gasteiger partial charge < -0.3 is 15.1 Å². The van der Waals surface area contributed by atoms with Crippen molar-refractivity contribution in [3.63, 3.8) is 0 Å². The predicted octanol–water partition coefficient (Wildman–Crippen LogP) is 4.94. The molecule has 3 heterocycles. The lowest BCUT2D eigenvalue weighted by Crippen LogP contribution is -2.29. The van der Waals surface area contributed by atoms with Gasteiger partial charge in [0.1, 0.15) is 11.6 Å². The maximum Gasteiger partial charge on any atom is 0.256 e. The van der Waals surface area contributed by atoms with Gasteiger partial charge in [-0.1, -0.05) is 31.6 Å². The zero-order chi connectivity index (χ0) is 28.8. The Morgan fingerprint density at radius 1 is 1.07 bits per heavy atom. The minimum Gasteiger partial charge on any atom is -0.332 e. The number of anilines is 1. The monoisotopic (exact) mass is 539 g/mol. The molecule has 2 amide bonds. The van der Waals surface area contributed by atoms with Crippen molar-refractivity contribution in [2.75, 3.05) is 33.0 Å². The van der Waals surface area contributed by atoms with E-state index < -0.39 is 0 Å². The second-order valence-electron chi connectivity index (χ2n) is 10.2. The average molecular weight is 540 g/mol. The minimum absolute atomic E-state index is 0.0940. The lowest BCUT2D eigenvalue weighted by molar-refractivity contribution is -0.126. The maximum absolute atomic E-state index is 12.9. The van der Waals surface area contributed by atoms with Gasteiger partial charge in [-0.2, -0.15) is 0 Å². The minimum atomic E-state index is -0.291. The van der Waals surface area contributed by atoms with Crippen LogP contribution >= 0.6 is 0 Å². The Kier molecular flexibility index (Phi) is 9.06. The molecule has 1 N–H and O–H groups in total. The summed E-state index contributed by atoms with van der Waals surface area (Å²) in [5.74, 6) is 0.948. The number of aromatic nitrogens is 4. The number of rotatable bonds is 10. The summed E-state index contributed by atoms with van der Waals surface area (Å²) < 4.78 is 1.99. The highest BCUT2D eigenvalue weighted by Gasteiger charge is 2.24. The third kappa shape index (κ3) is 6.43. The summed E-state index contributed by atoms with van der Waals surface area (Å²) in [6.07, 6.45) is 10.7. The van der Waals surface area contributed by atoms with Crippen molar-refractivity contribution in [3.8, 4) is 11.3 Å². The fraction of sp³-hybridized carbons (Fsp3) is 0.323. The molecule has 1 aromatic carbocycles. The van der Waals surface area contributed by atoms with Gasteiger partial charge in [0.25, 0.3) is 5.91 Å². The first kappa shape index (κ1) is 28.6. The van der Waals surface area contributed by atoms with Crippen LogP contribution in [0, 0.1) is 6.92 Å². The van der Waals surface area contributed by atoms with Crippen LogP contribution in [-0.2, 0) is 11.2 Å². The number of carbonyl (C=O) groups excluding carboxylic acids is 2. The van der Waals surface area contributed by atoms with Crippen LogP contribution in [0.3, 0.4) is 0 Å². The number of benzene rings is 1. The fourth-order valence-corrected chi connectivity index (χ4v) is 4.52. The van der Waals surface area contributed by atoms with Crippen LogP contribution in [0.1, 0.15) is 53.7 Å². The molecule has 0 aliphatic carbocycles. The summed E-state index contributed by atoms with van der Waals surface area (Å²) in [5, 5.41) is 2.89. The quantitative estimate of drug-likeness (QED) is 0.287. The van der Waals surface area contributed by atoms with Gasteiger partial charge in [-0.3, -0.25) is 19.0 Å². The van der Waals surface area contributed by atoms with Gasteiger partial charge in [-0.15, -0.1) is 0 Å². The van der Waals surface area contributed by atoms with E-state index in [0.717, 1.165) is 46.7 Å². The molecule has 0 aliphatic heterocycles. The van der Waals surface area contributed by atoms with Crippen LogP contribution in [0.25, 0.3) is 16.8 Å². The third-order valence-corrected chi connectivity index (χ3v) is 6.82. The molecule has 9 nitrogen and oxygen atoms in total. The second-order valence-corrected chi connectivity index (χ2v) is 10.2. The topological polar surface area (TPSA) is 95.7 Å². The normalized spacial score (nSPS) is 12.3. The highest BCUT2D eigenvalue weighted by Crippen LogP contribution is 2.30. The van der Waals surface area contributed by atoms with Crippen molar-refractivity contribution < 1.29 is 9.59 Å². The largest absolute Gasteiger partial charge is 0.332 e. The van der Waals surface area contributed by atoms with E-state index in [4.69, 9.17) is 4.98 Å². The number of imidazole rings is 1. The van der Waals surface area contributed by atoms with Gasteiger partial charge >= 0.3 is 0 Å². The number of amides is 2. The van der Waals surface area contributed by atoms with Crippen LogP contribution in [0.4, 0.5) is 5.82 Å². The molecule has 40 heavy (non-hydrogen) atoms. The number of hydrogen-bond donors (Lipinski definition) is 1. The van der Waals surface area contributed by atoms with Gasteiger partial charge in [0.05, 0.1) is 22.9 Å². The van der Waals surface area contributed by atoms with E-state index in [-0.39, 0.29) is 17.9 Å². The first-order valence-corrected chi connectivity index (χ1v) is 13.5. The van der Waals surface area contributed by atoms with Crippen molar-refractivity contribution in [3.05, 3.63) is 89.8 Å². The molecule has 0 bridgehead atoms. The Hall–Kier alpha value is -4.37. The van der Waals surface area contributed by atoms with Crippen LogP contribution in [0.2, 0.25) is 0 Å². The molecule has 0 fully saturated rings. The van der Waals surface area contributed by atoms with E-state index in [2.05, 4.69) is 22.2 Å². The zero-order valence-corrected chi connectivity index (χ0v) is 24.0. The van der Waals surface area contributed by atoms with Crippen molar-refractivity contribution in [2.45, 2.75) is 39.7 Å². The number of fused-ring (bicyclic) bond motifs is 1. The predicted molar refractivity (Wildman–Crippen MR) is 158 cm³/mol. The number of hydrogen-bond acceptors (Lipinski definition) is 6. The van der Waals surface area contributed by atoms with E-state index in [1.165, 1.54) is 0 Å². The van der Waals surface area contributed by atoms with Gasteiger partial charge in [-0.25, -0.2) is 9.97 Å². The second kappa shape index (κ2) is 12.7. The van der Waals surface area contributed by atoms with Gasteiger partial charge in [0.15, 0.2) is 0 Å². The number of aryl methyl sites for hydroxylation is 2. The summed E-state index contributed by atoms with van der Waals surface area (Å²) in [6, 6.07) is 10.9. The molecule has 208 valence electrons. The molecule has 4 aromatic rings. The molecule has 0 saturated heterocycles. The summed E-state index contributed by atoms with van der Waals surface area (Å²) in [4.78, 5) is 43.2. The molecule has 1 unspecified atom stereocenters. The molecule has 3 aromatic heterocycles. The van der Waals surface area contributed by atoms with Crippen LogP contribution in [0.5, 0.6) is 0 Å². The van der Waals surface area contributed by atoms with Crippen LogP contribution in [-0.4, -0.2) is 68.7 Å². The third-order valence-electron chi connectivity index (χ3n) is 6.82. The number of carbonyl (C=O) groups is 2. The van der Waals surface area contributed by atoms with E-state index >= 15 is 0 Å². The lowest BCUT2D eigenvalue weighted by Gasteiger charge is -2.23. The SMILES string of the molecule is CCCc1ccnc(NC(=O)c2ccc(-c3nc(C(C)N(C)C(=O)/C=C/CN(C)C)n4ccnc(C)c34)cc2)c1. The Labute approximate surface area is 235 Å². The van der Waals surface area contributed by atoms with E-state index in [9.17, 15) is 9.59 Å². The van der Waals surface area contributed by atoms with E-state index in [1.807, 2.05) is 73.8 Å². The van der Waals surface area contributed by atoms with Crippen LogP contribution in [0.15, 0.2) is 67.1 Å². The van der Waals surface area contributed by atoms with Crippen molar-refractivity contribution in [1.82, 2.24) is 29.2 Å². The van der Waals surface area contributed by atoms with Gasteiger partial charge in [-0.05, 0) is 64.2 Å². The molecule has 0 aliphatic rings. The van der Waals surface area contributed by atoms with Crippen molar-refractivity contribution in [2.24, 2.45) is 0 Å². The zero-order valence-electron chi connectivity index (χ0n) is 24.0. The molecule has 9 heteroatoms. The molecule has 0 saturated carbocycles. The standard InChI is InChI=1S/C31H37N7O2/c1-7-9-23-15-16-33-26(20-23)34-31(40)25-13-11-24(12-14-25)28-29-21(2)32-17-19-38(29)30(35-28)22(3)37(6)27(39)10-8-18-36(4)5/h8,10-17,19-20,22H,7,9,18H2,1-6H3,(H,33,34,40)/b10-8+. The van der Waals surface area contributed by atoms with Gasteiger partial charge in [0, 0.05) is 49.4 Å². The summed E-state index contributed by atoms with van der Waals surface area (Å²) in [6.45, 7) is 6.71. The maximum atomic E-state index is 12.9. The molecular formula is C31H37N7O2. The fourth-order valence-electron chi connectivity index (χ4n) is 4.52. The number of likely N-dealkylation sites (N-methyl/N-ethyl adjacent to an activating group) is 2. The summed E-state index contributed by atoms with van der Waals surface area (Å²) in [7, 11) is 5.69. The average Bonchev–Trinajstić information content (AvgIpc) is 3.33. The van der Waals surface area contributed by atoms with Crippen molar-refractivity contribution >= 4 is 23.1 Å². The van der Waals surface area contributed by atoms with E-state index in [0.29, 0.717) is 17.9 Å². The first-order chi connectivity index (χ1) is 19.2. The van der Waals surface area contributed by atoms with Crippen LogP contribution < -0.4 is 5.32 Å². The molecule has 0 radical (unpaired) electrons. The Bertz CT molecular complexity index is 1520. The Morgan fingerprint density at radius 2 is 1.82 bits per heavy atom. The Morgan fingerprint density at radius 3 is 2.52 bits per heavy atom. The number of pyridine rings is 1. The number of nitrogens with zero attached hydrogens (tertiary/aromatic N) is 6. The smallest absolute Gasteiger partial charge is 0.256 e. The summed E-state index contributed by atoms with van der Waals surface area (Å²) >= 11 is 0. The highest BCUT2D eigenvalue weighted by atomic mass is 16.2. The highest BCUT2D eigenvalue weighted by molar-refractivity contribution is 6.04. The number of nitrogens with one attached hydrogen (secondary N) is 1. The summed E-state index contributed by atoms with van der Waals surface area (Å²) in [5.41, 5.74) is 4.95. The molecule has 0 spiro atoms. The lowest BCUT2D eigenvalue weighted by atomic mass is 10.1. The van der Waals surface area contributed by atoms with E-state index in [1.54, 1.807) is 42.6 Å². The first-order valence-electron chi connectivity index (χ1n) is 13.5. The molecule has 1 atom stereocenters. The van der Waals surface area contributed by atoms with Gasteiger partial charge in [0.2, 0.25) is 5.91 Å². The molecule has 4 rings (SSSR count). The Balaban J connectivity index is 1.60.